The van der Waals surface area contributed by atoms with Crippen LogP contribution in [0, 0.1) is 0 Å². The average Bonchev–Trinajstić information content (AvgIpc) is 3.34. The predicted molar refractivity (Wildman–Crippen MR) is 97.8 cm³/mol. The Hall–Kier alpha value is -3.02. The van der Waals surface area contributed by atoms with Crippen molar-refractivity contribution in [2.24, 2.45) is 0 Å². The lowest BCUT2D eigenvalue weighted by Crippen LogP contribution is -2.52. The first-order chi connectivity index (χ1) is 12.7. The molecule has 6 nitrogen and oxygen atoms in total. The van der Waals surface area contributed by atoms with Crippen molar-refractivity contribution in [1.29, 1.82) is 0 Å². The average molecular weight is 354 g/mol. The summed E-state index contributed by atoms with van der Waals surface area (Å²) in [5, 5.41) is 5.96. The molecule has 26 heavy (non-hydrogen) atoms. The van der Waals surface area contributed by atoms with Crippen LogP contribution < -0.4 is 10.6 Å². The lowest BCUT2D eigenvalue weighted by molar-refractivity contribution is -0.120. The number of hydrogen-bond donors (Lipinski definition) is 2. The molecule has 2 aromatic heterocycles. The van der Waals surface area contributed by atoms with Crippen molar-refractivity contribution in [3.8, 4) is 0 Å². The molecule has 1 saturated carbocycles. The molecule has 0 unspecified atom stereocenters. The highest BCUT2D eigenvalue weighted by Crippen LogP contribution is 2.19. The predicted octanol–water partition coefficient (Wildman–Crippen LogP) is 3.14. The monoisotopic (exact) mass is 354 g/mol. The summed E-state index contributed by atoms with van der Waals surface area (Å²) >= 11 is 0. The summed E-state index contributed by atoms with van der Waals surface area (Å²) in [6.45, 7) is 0. The first-order valence-electron chi connectivity index (χ1n) is 8.75. The number of carbonyl (C=O) groups excluding carboxylic acids is 2. The molecule has 2 amide bonds. The molecule has 0 radical (unpaired) electrons. The lowest BCUT2D eigenvalue weighted by atomic mass is 9.90. The molecule has 2 N–H and O–H groups in total. The second-order valence-corrected chi connectivity index (χ2v) is 6.21. The van der Waals surface area contributed by atoms with Gasteiger partial charge in [0.25, 0.3) is 0 Å². The fourth-order valence-corrected chi connectivity index (χ4v) is 3.03. The molecule has 0 bridgehead atoms. The van der Waals surface area contributed by atoms with Crippen molar-refractivity contribution in [3.05, 3.63) is 60.5 Å². The van der Waals surface area contributed by atoms with Gasteiger partial charge in [-0.1, -0.05) is 12.8 Å². The molecule has 1 aliphatic rings. The molecule has 1 fully saturated rings. The topological polar surface area (TPSA) is 84.5 Å². The van der Waals surface area contributed by atoms with Crippen LogP contribution in [0.25, 0.3) is 12.2 Å². The van der Waals surface area contributed by atoms with E-state index in [-0.39, 0.29) is 23.9 Å². The summed E-state index contributed by atoms with van der Waals surface area (Å²) in [5.74, 6) is 0.853. The fourth-order valence-electron chi connectivity index (χ4n) is 3.03. The molecule has 0 saturated heterocycles. The minimum absolute atomic E-state index is 0.0848. The summed E-state index contributed by atoms with van der Waals surface area (Å²) in [4.78, 5) is 24.3. The highest BCUT2D eigenvalue weighted by atomic mass is 16.3. The van der Waals surface area contributed by atoms with Gasteiger partial charge in [0.15, 0.2) is 0 Å². The van der Waals surface area contributed by atoms with Crippen molar-refractivity contribution >= 4 is 24.0 Å². The Kier molecular flexibility index (Phi) is 6.09. The Bertz CT molecular complexity index is 694. The summed E-state index contributed by atoms with van der Waals surface area (Å²) < 4.78 is 10.3. The van der Waals surface area contributed by atoms with Crippen molar-refractivity contribution in [2.75, 3.05) is 0 Å². The summed E-state index contributed by atoms with van der Waals surface area (Å²) in [7, 11) is 0. The van der Waals surface area contributed by atoms with Crippen LogP contribution in [0.15, 0.2) is 57.8 Å². The minimum atomic E-state index is -0.196. The van der Waals surface area contributed by atoms with E-state index in [1.54, 1.807) is 48.9 Å². The van der Waals surface area contributed by atoms with Gasteiger partial charge in [-0.2, -0.15) is 0 Å². The number of carbonyl (C=O) groups is 2. The largest absolute Gasteiger partial charge is 0.465 e. The van der Waals surface area contributed by atoms with Crippen LogP contribution in [0.4, 0.5) is 0 Å². The van der Waals surface area contributed by atoms with E-state index < -0.39 is 0 Å². The fraction of sp³-hybridized carbons (Fsp3) is 0.300. The minimum Gasteiger partial charge on any atom is -0.465 e. The van der Waals surface area contributed by atoms with Crippen LogP contribution in [-0.2, 0) is 9.59 Å². The Morgan fingerprint density at radius 1 is 0.846 bits per heavy atom. The summed E-state index contributed by atoms with van der Waals surface area (Å²) in [5.41, 5.74) is 0. The standard InChI is InChI=1S/C20H22N2O4/c23-19(11-9-15-5-3-13-25-15)21-17-7-1-2-8-18(17)22-20(24)12-10-16-6-4-14-26-16/h3-6,9-14,17-18H,1-2,7-8H2,(H,21,23)(H,22,24)/b11-9+,12-10+/t17-,18-/m0/s1. The van der Waals surface area contributed by atoms with Gasteiger partial charge < -0.3 is 19.5 Å². The molecule has 1 aliphatic carbocycles. The van der Waals surface area contributed by atoms with Crippen LogP contribution in [0.3, 0.4) is 0 Å². The van der Waals surface area contributed by atoms with Crippen molar-refractivity contribution in [1.82, 2.24) is 10.6 Å². The quantitative estimate of drug-likeness (QED) is 0.781. The first kappa shape index (κ1) is 17.8. The number of amides is 2. The van der Waals surface area contributed by atoms with E-state index in [2.05, 4.69) is 10.6 Å². The van der Waals surface area contributed by atoms with Crippen molar-refractivity contribution < 1.29 is 18.4 Å². The van der Waals surface area contributed by atoms with E-state index in [1.165, 1.54) is 12.2 Å². The molecule has 0 aliphatic heterocycles. The molecule has 2 heterocycles. The maximum absolute atomic E-state index is 12.1. The number of rotatable bonds is 6. The van der Waals surface area contributed by atoms with E-state index in [4.69, 9.17) is 8.83 Å². The third-order valence-corrected chi connectivity index (χ3v) is 4.31. The maximum atomic E-state index is 12.1. The second kappa shape index (κ2) is 8.89. The zero-order valence-electron chi connectivity index (χ0n) is 14.4. The van der Waals surface area contributed by atoms with Gasteiger partial charge in [-0.15, -0.1) is 0 Å². The van der Waals surface area contributed by atoms with E-state index in [0.29, 0.717) is 11.5 Å². The summed E-state index contributed by atoms with van der Waals surface area (Å²) in [6, 6.07) is 6.91. The van der Waals surface area contributed by atoms with Crippen LogP contribution in [0.2, 0.25) is 0 Å². The van der Waals surface area contributed by atoms with Crippen LogP contribution in [0.5, 0.6) is 0 Å². The van der Waals surface area contributed by atoms with E-state index in [9.17, 15) is 9.59 Å². The molecular formula is C20H22N2O4. The summed E-state index contributed by atoms with van der Waals surface area (Å²) in [6.07, 6.45) is 13.0. The third kappa shape index (κ3) is 5.24. The molecule has 6 heteroatoms. The van der Waals surface area contributed by atoms with Gasteiger partial charge in [0.2, 0.25) is 11.8 Å². The molecule has 136 valence electrons. The second-order valence-electron chi connectivity index (χ2n) is 6.21. The molecule has 2 aromatic rings. The van der Waals surface area contributed by atoms with Crippen LogP contribution in [-0.4, -0.2) is 23.9 Å². The van der Waals surface area contributed by atoms with Crippen molar-refractivity contribution in [3.63, 3.8) is 0 Å². The van der Waals surface area contributed by atoms with Crippen molar-refractivity contribution in [2.45, 2.75) is 37.8 Å². The van der Waals surface area contributed by atoms with Gasteiger partial charge in [-0.3, -0.25) is 9.59 Å². The molecule has 2 atom stereocenters. The first-order valence-corrected chi connectivity index (χ1v) is 8.75. The Morgan fingerprint density at radius 2 is 1.31 bits per heavy atom. The SMILES string of the molecule is O=C(/C=C/c1ccco1)N[C@H]1CCCC[C@@H]1NC(=O)/C=C/c1ccco1. The normalized spacial score (nSPS) is 20.5. The maximum Gasteiger partial charge on any atom is 0.244 e. The zero-order chi connectivity index (χ0) is 18.2. The Balaban J connectivity index is 1.53. The van der Waals surface area contributed by atoms with E-state index >= 15 is 0 Å². The van der Waals surface area contributed by atoms with Crippen LogP contribution in [0.1, 0.15) is 37.2 Å². The Labute approximate surface area is 151 Å². The van der Waals surface area contributed by atoms with Gasteiger partial charge in [0.05, 0.1) is 12.5 Å². The van der Waals surface area contributed by atoms with Crippen LogP contribution >= 0.6 is 0 Å². The zero-order valence-corrected chi connectivity index (χ0v) is 14.4. The molecule has 0 spiro atoms. The Morgan fingerprint density at radius 3 is 1.69 bits per heavy atom. The molecular weight excluding hydrogens is 332 g/mol. The lowest BCUT2D eigenvalue weighted by Gasteiger charge is -2.32. The molecule has 3 rings (SSSR count). The van der Waals surface area contributed by atoms with Gasteiger partial charge in [-0.25, -0.2) is 0 Å². The van der Waals surface area contributed by atoms with E-state index in [0.717, 1.165) is 25.7 Å². The number of furan rings is 2. The highest BCUT2D eigenvalue weighted by molar-refractivity contribution is 5.92. The van der Waals surface area contributed by atoms with Gasteiger partial charge >= 0.3 is 0 Å². The highest BCUT2D eigenvalue weighted by Gasteiger charge is 2.26. The number of nitrogens with one attached hydrogen (secondary N) is 2. The van der Waals surface area contributed by atoms with Gasteiger partial charge in [-0.05, 0) is 49.3 Å². The smallest absolute Gasteiger partial charge is 0.244 e. The van der Waals surface area contributed by atoms with Gasteiger partial charge in [0, 0.05) is 24.2 Å². The molecule has 0 aromatic carbocycles. The third-order valence-electron chi connectivity index (χ3n) is 4.31. The van der Waals surface area contributed by atoms with Gasteiger partial charge in [0.1, 0.15) is 11.5 Å². The van der Waals surface area contributed by atoms with E-state index in [1.807, 2.05) is 0 Å². The number of hydrogen-bond acceptors (Lipinski definition) is 4.